The molecule has 0 radical (unpaired) electrons. The molecule has 2 fully saturated rings. The first kappa shape index (κ1) is 15.1. The van der Waals surface area contributed by atoms with E-state index in [1.807, 2.05) is 36.1 Å². The summed E-state index contributed by atoms with van der Waals surface area (Å²) in [4.78, 5) is 26.7. The maximum atomic E-state index is 12.5. The van der Waals surface area contributed by atoms with E-state index in [1.165, 1.54) is 19.3 Å². The number of nitrogens with zero attached hydrogens (tertiary/aromatic N) is 1. The maximum Gasteiger partial charge on any atom is 0.229 e. The highest BCUT2D eigenvalue weighted by Crippen LogP contribution is 2.29. The van der Waals surface area contributed by atoms with Gasteiger partial charge < -0.3 is 10.2 Å². The van der Waals surface area contributed by atoms with Crippen LogP contribution in [0.2, 0.25) is 0 Å². The van der Waals surface area contributed by atoms with Crippen molar-refractivity contribution in [3.63, 3.8) is 0 Å². The smallest absolute Gasteiger partial charge is 0.229 e. The van der Waals surface area contributed by atoms with Crippen LogP contribution in [0.3, 0.4) is 0 Å². The number of para-hydroxylation sites is 1. The molecule has 1 atom stereocenters. The van der Waals surface area contributed by atoms with Gasteiger partial charge in [-0.2, -0.15) is 0 Å². The van der Waals surface area contributed by atoms with Crippen LogP contribution < -0.4 is 5.32 Å². The lowest BCUT2D eigenvalue weighted by Gasteiger charge is -2.31. The molecular formula is C18H24N2O2. The monoisotopic (exact) mass is 300 g/mol. The lowest BCUT2D eigenvalue weighted by Crippen LogP contribution is -2.38. The minimum absolute atomic E-state index is 0.0269. The van der Waals surface area contributed by atoms with E-state index in [-0.39, 0.29) is 17.7 Å². The van der Waals surface area contributed by atoms with Gasteiger partial charge in [-0.3, -0.25) is 9.59 Å². The fourth-order valence-corrected chi connectivity index (χ4v) is 3.60. The van der Waals surface area contributed by atoms with Crippen LogP contribution in [0.5, 0.6) is 0 Å². The molecule has 1 saturated heterocycles. The molecule has 4 heteroatoms. The summed E-state index contributed by atoms with van der Waals surface area (Å²) in [6, 6.07) is 8.11. The number of hydrogen-bond acceptors (Lipinski definition) is 2. The van der Waals surface area contributed by atoms with E-state index in [9.17, 15) is 9.59 Å². The molecule has 0 bridgehead atoms. The van der Waals surface area contributed by atoms with Gasteiger partial charge in [0.2, 0.25) is 11.8 Å². The summed E-state index contributed by atoms with van der Waals surface area (Å²) >= 11 is 0. The molecule has 0 unspecified atom stereocenters. The van der Waals surface area contributed by atoms with Gasteiger partial charge in [-0.15, -0.1) is 0 Å². The van der Waals surface area contributed by atoms with Crippen LogP contribution >= 0.6 is 0 Å². The molecule has 2 amide bonds. The van der Waals surface area contributed by atoms with Crippen molar-refractivity contribution in [2.45, 2.75) is 51.5 Å². The first-order valence-corrected chi connectivity index (χ1v) is 8.31. The zero-order valence-corrected chi connectivity index (χ0v) is 13.2. The topological polar surface area (TPSA) is 49.4 Å². The Hall–Kier alpha value is -1.84. The summed E-state index contributed by atoms with van der Waals surface area (Å²) in [6.45, 7) is 2.56. The van der Waals surface area contributed by atoms with Gasteiger partial charge in [-0.05, 0) is 31.4 Å². The van der Waals surface area contributed by atoms with Crippen LogP contribution in [0.25, 0.3) is 0 Å². The van der Waals surface area contributed by atoms with E-state index in [0.717, 1.165) is 24.1 Å². The number of carbonyl (C=O) groups excluding carboxylic acids is 2. The average Bonchev–Trinajstić information content (AvgIpc) is 2.92. The average molecular weight is 300 g/mol. The number of benzene rings is 1. The van der Waals surface area contributed by atoms with Crippen LogP contribution in [-0.2, 0) is 9.59 Å². The van der Waals surface area contributed by atoms with E-state index in [4.69, 9.17) is 0 Å². The predicted octanol–water partition coefficient (Wildman–Crippen LogP) is 3.11. The summed E-state index contributed by atoms with van der Waals surface area (Å²) in [5.74, 6) is -0.0909. The van der Waals surface area contributed by atoms with E-state index >= 15 is 0 Å². The largest absolute Gasteiger partial charge is 0.339 e. The number of nitrogens with one attached hydrogen (secondary N) is 1. The van der Waals surface area contributed by atoms with Gasteiger partial charge >= 0.3 is 0 Å². The lowest BCUT2D eigenvalue weighted by atomic mass is 9.94. The predicted molar refractivity (Wildman–Crippen MR) is 86.5 cm³/mol. The van der Waals surface area contributed by atoms with Crippen molar-refractivity contribution in [2.75, 3.05) is 11.9 Å². The highest BCUT2D eigenvalue weighted by Gasteiger charge is 2.38. The molecule has 1 heterocycles. The molecular weight excluding hydrogens is 276 g/mol. The molecule has 0 aromatic heterocycles. The molecule has 3 rings (SSSR count). The Labute approximate surface area is 131 Å². The zero-order chi connectivity index (χ0) is 15.5. The fraction of sp³-hybridized carbons (Fsp3) is 0.556. The van der Waals surface area contributed by atoms with E-state index in [2.05, 4.69) is 5.32 Å². The SMILES string of the molecule is Cc1ccccc1NC(=O)[C@@H]1CC(=O)N(C2CCCCC2)C1. The van der Waals surface area contributed by atoms with E-state index < -0.39 is 0 Å². The van der Waals surface area contributed by atoms with Crippen molar-refractivity contribution in [1.82, 2.24) is 4.90 Å². The molecule has 1 aliphatic heterocycles. The highest BCUT2D eigenvalue weighted by atomic mass is 16.2. The second-order valence-corrected chi connectivity index (χ2v) is 6.54. The third kappa shape index (κ3) is 3.16. The minimum Gasteiger partial charge on any atom is -0.339 e. The van der Waals surface area contributed by atoms with Gasteiger partial charge in [0.25, 0.3) is 0 Å². The second-order valence-electron chi connectivity index (χ2n) is 6.54. The zero-order valence-electron chi connectivity index (χ0n) is 13.2. The summed E-state index contributed by atoms with van der Waals surface area (Å²) < 4.78 is 0. The van der Waals surface area contributed by atoms with Crippen LogP contribution in [0.1, 0.15) is 44.1 Å². The molecule has 1 aliphatic carbocycles. The van der Waals surface area contributed by atoms with Gasteiger partial charge in [-0.1, -0.05) is 37.5 Å². The Balaban J connectivity index is 1.62. The highest BCUT2D eigenvalue weighted by molar-refractivity contribution is 5.97. The summed E-state index contributed by atoms with van der Waals surface area (Å²) in [5.41, 5.74) is 1.89. The third-order valence-electron chi connectivity index (χ3n) is 4.95. The van der Waals surface area contributed by atoms with Gasteiger partial charge in [0.05, 0.1) is 5.92 Å². The van der Waals surface area contributed by atoms with Gasteiger partial charge in [-0.25, -0.2) is 0 Å². The number of anilines is 1. The first-order valence-electron chi connectivity index (χ1n) is 8.31. The Bertz CT molecular complexity index is 564. The number of hydrogen-bond donors (Lipinski definition) is 1. The van der Waals surface area contributed by atoms with Crippen LogP contribution in [0.4, 0.5) is 5.69 Å². The Morgan fingerprint density at radius 1 is 1.18 bits per heavy atom. The quantitative estimate of drug-likeness (QED) is 0.932. The molecule has 1 aromatic carbocycles. The second kappa shape index (κ2) is 6.51. The van der Waals surface area contributed by atoms with E-state index in [1.54, 1.807) is 0 Å². The number of likely N-dealkylation sites (tertiary alicyclic amines) is 1. The van der Waals surface area contributed by atoms with Crippen molar-refractivity contribution >= 4 is 17.5 Å². The normalized spacial score (nSPS) is 22.9. The molecule has 1 aromatic rings. The van der Waals surface area contributed by atoms with Crippen molar-refractivity contribution in [1.29, 1.82) is 0 Å². The molecule has 0 spiro atoms. The van der Waals surface area contributed by atoms with Gasteiger partial charge in [0.1, 0.15) is 0 Å². The molecule has 22 heavy (non-hydrogen) atoms. The molecule has 4 nitrogen and oxygen atoms in total. The number of aryl methyl sites for hydroxylation is 1. The van der Waals surface area contributed by atoms with Crippen molar-refractivity contribution < 1.29 is 9.59 Å². The molecule has 2 aliphatic rings. The van der Waals surface area contributed by atoms with Gasteiger partial charge in [0.15, 0.2) is 0 Å². The molecule has 1 saturated carbocycles. The lowest BCUT2D eigenvalue weighted by molar-refractivity contribution is -0.130. The summed E-state index contributed by atoms with van der Waals surface area (Å²) in [6.07, 6.45) is 6.22. The Kier molecular flexibility index (Phi) is 4.46. The third-order valence-corrected chi connectivity index (χ3v) is 4.95. The minimum atomic E-state index is -0.214. The maximum absolute atomic E-state index is 12.5. The van der Waals surface area contributed by atoms with Crippen LogP contribution in [0.15, 0.2) is 24.3 Å². The molecule has 1 N–H and O–H groups in total. The van der Waals surface area contributed by atoms with Crippen molar-refractivity contribution in [3.05, 3.63) is 29.8 Å². The number of carbonyl (C=O) groups is 2. The number of rotatable bonds is 3. The van der Waals surface area contributed by atoms with Crippen LogP contribution in [-0.4, -0.2) is 29.3 Å². The van der Waals surface area contributed by atoms with Crippen molar-refractivity contribution in [2.24, 2.45) is 5.92 Å². The van der Waals surface area contributed by atoms with Crippen molar-refractivity contribution in [3.8, 4) is 0 Å². The Morgan fingerprint density at radius 2 is 1.91 bits per heavy atom. The summed E-state index contributed by atoms with van der Waals surface area (Å²) in [7, 11) is 0. The number of amides is 2. The first-order chi connectivity index (χ1) is 10.6. The summed E-state index contributed by atoms with van der Waals surface area (Å²) in [5, 5.41) is 2.98. The molecule has 118 valence electrons. The Morgan fingerprint density at radius 3 is 2.64 bits per heavy atom. The van der Waals surface area contributed by atoms with Gasteiger partial charge in [0, 0.05) is 24.7 Å². The van der Waals surface area contributed by atoms with E-state index in [0.29, 0.717) is 19.0 Å². The standard InChI is InChI=1S/C18H24N2O2/c1-13-7-5-6-10-16(13)19-18(22)14-11-17(21)20(12-14)15-8-3-2-4-9-15/h5-7,10,14-15H,2-4,8-9,11-12H2,1H3,(H,19,22)/t14-/m1/s1. The fourth-order valence-electron chi connectivity index (χ4n) is 3.60. The van der Waals surface area contributed by atoms with Crippen LogP contribution in [0, 0.1) is 12.8 Å².